The van der Waals surface area contributed by atoms with Crippen molar-refractivity contribution in [2.24, 2.45) is 0 Å². The Bertz CT molecular complexity index is 1010. The fourth-order valence-electron chi connectivity index (χ4n) is 2.47. The van der Waals surface area contributed by atoms with E-state index in [1.165, 1.54) is 30.2 Å². The fraction of sp³-hybridized carbons (Fsp3) is 0.0556. The van der Waals surface area contributed by atoms with Crippen molar-refractivity contribution >= 4 is 67.9 Å². The molecule has 1 saturated heterocycles. The standard InChI is InChI=1S/C18H12BrNO5S2/c1-25-13-8-11(19)5-10(15(13)21)7-14-16(22)20(18(26)27-14)12-4-2-3-9(6-12)17(23)24/h2-8,21H,1H3,(H,23,24)/b14-7-. The van der Waals surface area contributed by atoms with Gasteiger partial charge < -0.3 is 14.9 Å². The van der Waals surface area contributed by atoms with E-state index in [2.05, 4.69) is 15.9 Å². The number of ether oxygens (including phenoxy) is 1. The molecule has 6 nitrogen and oxygen atoms in total. The molecule has 0 bridgehead atoms. The fourth-order valence-corrected chi connectivity index (χ4v) is 4.21. The Morgan fingerprint density at radius 2 is 2.07 bits per heavy atom. The number of halogens is 1. The molecule has 1 aliphatic rings. The second-order valence-electron chi connectivity index (χ2n) is 5.42. The van der Waals surface area contributed by atoms with Crippen molar-refractivity contribution in [3.05, 3.63) is 56.9 Å². The molecule has 0 spiro atoms. The van der Waals surface area contributed by atoms with E-state index in [0.717, 1.165) is 11.8 Å². The minimum absolute atomic E-state index is 0.0555. The first kappa shape index (κ1) is 19.4. The Balaban J connectivity index is 2.00. The van der Waals surface area contributed by atoms with Gasteiger partial charge in [0.2, 0.25) is 0 Å². The molecule has 138 valence electrons. The average Bonchev–Trinajstić information content (AvgIpc) is 2.91. The van der Waals surface area contributed by atoms with Gasteiger partial charge in [0.05, 0.1) is 23.3 Å². The van der Waals surface area contributed by atoms with Gasteiger partial charge in [-0.2, -0.15) is 0 Å². The Morgan fingerprint density at radius 1 is 1.33 bits per heavy atom. The molecule has 0 aliphatic carbocycles. The Morgan fingerprint density at radius 3 is 2.74 bits per heavy atom. The number of carbonyl (C=O) groups is 2. The van der Waals surface area contributed by atoms with Crippen molar-refractivity contribution in [3.63, 3.8) is 0 Å². The average molecular weight is 466 g/mol. The van der Waals surface area contributed by atoms with Gasteiger partial charge in [-0.25, -0.2) is 4.79 Å². The number of carboxylic acid groups (broad SMARTS) is 1. The van der Waals surface area contributed by atoms with E-state index in [1.54, 1.807) is 24.3 Å². The van der Waals surface area contributed by atoms with Crippen LogP contribution in [0.15, 0.2) is 45.8 Å². The predicted octanol–water partition coefficient (Wildman–Crippen LogP) is 4.27. The summed E-state index contributed by atoms with van der Waals surface area (Å²) in [7, 11) is 1.43. The summed E-state index contributed by atoms with van der Waals surface area (Å²) in [4.78, 5) is 25.6. The highest BCUT2D eigenvalue weighted by Gasteiger charge is 2.34. The molecule has 0 unspecified atom stereocenters. The van der Waals surface area contributed by atoms with E-state index in [1.807, 2.05) is 0 Å². The van der Waals surface area contributed by atoms with E-state index < -0.39 is 11.9 Å². The number of phenolic OH excluding ortho intramolecular Hbond substituents is 1. The minimum Gasteiger partial charge on any atom is -0.504 e. The number of nitrogens with zero attached hydrogens (tertiary/aromatic N) is 1. The van der Waals surface area contributed by atoms with Crippen LogP contribution in [0.25, 0.3) is 6.08 Å². The molecule has 0 aromatic heterocycles. The maximum absolute atomic E-state index is 12.8. The largest absolute Gasteiger partial charge is 0.504 e. The van der Waals surface area contributed by atoms with Crippen molar-refractivity contribution in [1.82, 2.24) is 0 Å². The second kappa shape index (κ2) is 7.71. The third-order valence-corrected chi connectivity index (χ3v) is 5.48. The summed E-state index contributed by atoms with van der Waals surface area (Å²) in [6.45, 7) is 0. The van der Waals surface area contributed by atoms with Gasteiger partial charge in [0.1, 0.15) is 0 Å². The van der Waals surface area contributed by atoms with Gasteiger partial charge in [-0.3, -0.25) is 9.69 Å². The lowest BCUT2D eigenvalue weighted by Gasteiger charge is -2.14. The molecular weight excluding hydrogens is 454 g/mol. The van der Waals surface area contributed by atoms with Gasteiger partial charge >= 0.3 is 5.97 Å². The highest BCUT2D eigenvalue weighted by atomic mass is 79.9. The van der Waals surface area contributed by atoms with E-state index >= 15 is 0 Å². The van der Waals surface area contributed by atoms with Crippen LogP contribution in [0.4, 0.5) is 5.69 Å². The first-order valence-electron chi connectivity index (χ1n) is 7.49. The summed E-state index contributed by atoms with van der Waals surface area (Å²) in [5.41, 5.74) is 0.817. The van der Waals surface area contributed by atoms with Crippen molar-refractivity contribution in [3.8, 4) is 11.5 Å². The van der Waals surface area contributed by atoms with Gasteiger partial charge in [-0.05, 0) is 36.4 Å². The number of phenols is 1. The number of carbonyl (C=O) groups excluding carboxylic acids is 1. The monoisotopic (exact) mass is 465 g/mol. The molecule has 0 radical (unpaired) electrons. The highest BCUT2D eigenvalue weighted by molar-refractivity contribution is 9.10. The number of hydrogen-bond donors (Lipinski definition) is 2. The summed E-state index contributed by atoms with van der Waals surface area (Å²) in [5, 5.41) is 19.4. The van der Waals surface area contributed by atoms with Gasteiger partial charge in [-0.15, -0.1) is 0 Å². The lowest BCUT2D eigenvalue weighted by atomic mass is 10.1. The molecule has 2 aromatic rings. The molecule has 2 aromatic carbocycles. The number of thioether (sulfide) groups is 1. The van der Waals surface area contributed by atoms with Crippen LogP contribution in [0.2, 0.25) is 0 Å². The van der Waals surface area contributed by atoms with E-state index in [4.69, 9.17) is 22.1 Å². The van der Waals surface area contributed by atoms with Crippen molar-refractivity contribution in [2.75, 3.05) is 12.0 Å². The van der Waals surface area contributed by atoms with Crippen LogP contribution in [0.5, 0.6) is 11.5 Å². The zero-order chi connectivity index (χ0) is 19.7. The molecule has 3 rings (SSSR count). The number of benzene rings is 2. The van der Waals surface area contributed by atoms with Crippen molar-refractivity contribution in [2.45, 2.75) is 0 Å². The molecule has 9 heteroatoms. The summed E-state index contributed by atoms with van der Waals surface area (Å²) in [5.74, 6) is -1.33. The number of aromatic carboxylic acids is 1. The van der Waals surface area contributed by atoms with Crippen LogP contribution in [-0.2, 0) is 4.79 Å². The SMILES string of the molecule is COc1cc(Br)cc(/C=C2\SC(=S)N(c3cccc(C(=O)O)c3)C2=O)c1O. The Labute approximate surface area is 172 Å². The summed E-state index contributed by atoms with van der Waals surface area (Å²) >= 11 is 9.69. The Kier molecular flexibility index (Phi) is 5.54. The smallest absolute Gasteiger partial charge is 0.335 e. The molecule has 2 N–H and O–H groups in total. The van der Waals surface area contributed by atoms with Crippen molar-refractivity contribution in [1.29, 1.82) is 0 Å². The molecular formula is C18H12BrNO5S2. The normalized spacial score (nSPS) is 15.5. The van der Waals surface area contributed by atoms with Crippen LogP contribution in [-0.4, -0.2) is 33.5 Å². The quantitative estimate of drug-likeness (QED) is 0.514. The number of rotatable bonds is 4. The number of methoxy groups -OCH3 is 1. The third-order valence-electron chi connectivity index (χ3n) is 3.72. The highest BCUT2D eigenvalue weighted by Crippen LogP contribution is 2.40. The second-order valence-corrected chi connectivity index (χ2v) is 8.01. The third kappa shape index (κ3) is 3.85. The molecule has 1 amide bonds. The lowest BCUT2D eigenvalue weighted by Crippen LogP contribution is -2.27. The number of hydrogen-bond acceptors (Lipinski definition) is 6. The number of carboxylic acids is 1. The van der Waals surface area contributed by atoms with E-state index in [-0.39, 0.29) is 21.4 Å². The summed E-state index contributed by atoms with van der Waals surface area (Å²) < 4.78 is 6.06. The maximum atomic E-state index is 12.8. The van der Waals surface area contributed by atoms with Crippen LogP contribution in [0.3, 0.4) is 0 Å². The van der Waals surface area contributed by atoms with E-state index in [9.17, 15) is 14.7 Å². The zero-order valence-corrected chi connectivity index (χ0v) is 17.0. The molecule has 0 saturated carbocycles. The van der Waals surface area contributed by atoms with Crippen LogP contribution in [0, 0.1) is 0 Å². The first-order valence-corrected chi connectivity index (χ1v) is 9.51. The molecule has 1 heterocycles. The zero-order valence-electron chi connectivity index (χ0n) is 13.8. The van der Waals surface area contributed by atoms with Crippen molar-refractivity contribution < 1.29 is 24.5 Å². The molecule has 0 atom stereocenters. The molecule has 1 aliphatic heterocycles. The number of thiocarbonyl (C=S) groups is 1. The van der Waals surface area contributed by atoms with Crippen LogP contribution in [0.1, 0.15) is 15.9 Å². The number of amides is 1. The minimum atomic E-state index is -1.09. The van der Waals surface area contributed by atoms with Crippen LogP contribution < -0.4 is 9.64 Å². The lowest BCUT2D eigenvalue weighted by molar-refractivity contribution is -0.113. The van der Waals surface area contributed by atoms with Crippen LogP contribution >= 0.6 is 39.9 Å². The van der Waals surface area contributed by atoms with Gasteiger partial charge in [0, 0.05) is 10.0 Å². The number of anilines is 1. The summed E-state index contributed by atoms with van der Waals surface area (Å²) in [6, 6.07) is 9.23. The Hall–Kier alpha value is -2.36. The maximum Gasteiger partial charge on any atom is 0.335 e. The van der Waals surface area contributed by atoms with Gasteiger partial charge in [0.25, 0.3) is 5.91 Å². The topological polar surface area (TPSA) is 87.1 Å². The van der Waals surface area contributed by atoms with Gasteiger partial charge in [0.15, 0.2) is 15.8 Å². The first-order chi connectivity index (χ1) is 12.8. The summed E-state index contributed by atoms with van der Waals surface area (Å²) in [6.07, 6.45) is 1.52. The van der Waals surface area contributed by atoms with E-state index in [0.29, 0.717) is 20.6 Å². The molecule has 1 fully saturated rings. The predicted molar refractivity (Wildman–Crippen MR) is 111 cm³/mol. The van der Waals surface area contributed by atoms with Gasteiger partial charge in [-0.1, -0.05) is 46.0 Å². The number of aromatic hydroxyl groups is 1. The molecule has 27 heavy (non-hydrogen) atoms.